The summed E-state index contributed by atoms with van der Waals surface area (Å²) >= 11 is 7.50. The zero-order valence-electron chi connectivity index (χ0n) is 32.8. The van der Waals surface area contributed by atoms with Crippen LogP contribution in [0, 0.1) is 0 Å². The molecule has 6 aliphatic rings. The van der Waals surface area contributed by atoms with Gasteiger partial charge in [-0.15, -0.1) is 0 Å². The highest BCUT2D eigenvalue weighted by Crippen LogP contribution is 2.59. The second-order valence-electron chi connectivity index (χ2n) is 15.9. The van der Waals surface area contributed by atoms with E-state index in [9.17, 15) is 9.59 Å². The fourth-order valence-corrected chi connectivity index (χ4v) is 11.4. The third kappa shape index (κ3) is 5.18. The highest BCUT2D eigenvalue weighted by Gasteiger charge is 2.52. The fraction of sp³-hybridized carbons (Fsp3) is 0.292. The molecule has 4 aromatic carbocycles. The third-order valence-corrected chi connectivity index (χ3v) is 14.3. The summed E-state index contributed by atoms with van der Waals surface area (Å²) in [6.45, 7) is 2.24. The first-order chi connectivity index (χ1) is 28.2. The number of hydrogen-bond donors (Lipinski definition) is 0. The highest BCUT2D eigenvalue weighted by atomic mass is 79.9. The molecule has 0 radical (unpaired) electrons. The van der Waals surface area contributed by atoms with Crippen molar-refractivity contribution in [3.63, 3.8) is 0 Å². The summed E-state index contributed by atoms with van der Waals surface area (Å²) in [7, 11) is 6.95. The number of methoxy groups -OCH3 is 4. The molecule has 10 heteroatoms. The Labute approximate surface area is 355 Å². The van der Waals surface area contributed by atoms with E-state index in [4.69, 9.17) is 18.9 Å². The minimum absolute atomic E-state index is 0.200. The molecule has 2 amide bonds. The Morgan fingerprint density at radius 3 is 1.21 bits per heavy atom. The van der Waals surface area contributed by atoms with Crippen LogP contribution in [0.5, 0.6) is 0 Å². The molecule has 0 N–H and O–H groups in total. The summed E-state index contributed by atoms with van der Waals surface area (Å²) in [5.74, 6) is -0.399. The van der Waals surface area contributed by atoms with Crippen LogP contribution >= 0.6 is 31.9 Å². The number of carbonyl (C=O) groups excluding carboxylic acids is 2. The monoisotopic (exact) mass is 900 g/mol. The molecular weight excluding hydrogens is 860 g/mol. The SMILES string of the molecule is COCCC1(CCOC)c2cc(Br)ccc2-c2cc3c(cc21)C1=C2C(=O)N4C=Cc5cc6c(cc5C4=C2C(=O)N1C=C3)C(CCOC)(CCOC)c1cc(Br)ccc1-6. The van der Waals surface area contributed by atoms with Crippen LogP contribution in [0.4, 0.5) is 0 Å². The Kier molecular flexibility index (Phi) is 9.20. The van der Waals surface area contributed by atoms with Crippen molar-refractivity contribution in [2.24, 2.45) is 0 Å². The molecular formula is C48H42Br2N2O6. The van der Waals surface area contributed by atoms with Gasteiger partial charge in [0.2, 0.25) is 0 Å². The Hall–Kier alpha value is -4.42. The van der Waals surface area contributed by atoms with Crippen molar-refractivity contribution in [2.45, 2.75) is 36.5 Å². The van der Waals surface area contributed by atoms with Crippen LogP contribution in [0.25, 0.3) is 45.8 Å². The molecule has 0 bridgehead atoms. The van der Waals surface area contributed by atoms with Gasteiger partial charge in [-0.05, 0) is 142 Å². The average molecular weight is 903 g/mol. The van der Waals surface area contributed by atoms with E-state index in [0.717, 1.165) is 79.1 Å². The lowest BCUT2D eigenvalue weighted by atomic mass is 9.72. The number of ether oxygens (including phenoxy) is 4. The van der Waals surface area contributed by atoms with Gasteiger partial charge in [0.25, 0.3) is 11.8 Å². The van der Waals surface area contributed by atoms with E-state index in [1.165, 1.54) is 22.3 Å². The summed E-state index contributed by atoms with van der Waals surface area (Å²) in [6.07, 6.45) is 10.7. The lowest BCUT2D eigenvalue weighted by molar-refractivity contribution is -0.122. The molecule has 294 valence electrons. The van der Waals surface area contributed by atoms with Gasteiger partial charge >= 0.3 is 0 Å². The van der Waals surface area contributed by atoms with E-state index in [1.807, 2.05) is 24.6 Å². The lowest BCUT2D eigenvalue weighted by Crippen LogP contribution is -2.30. The normalized spacial score (nSPS) is 18.0. The topological polar surface area (TPSA) is 77.5 Å². The zero-order chi connectivity index (χ0) is 40.1. The Morgan fingerprint density at radius 1 is 0.483 bits per heavy atom. The minimum Gasteiger partial charge on any atom is -0.385 e. The molecule has 4 aromatic rings. The molecule has 0 saturated heterocycles. The lowest BCUT2D eigenvalue weighted by Gasteiger charge is -2.34. The molecule has 2 aliphatic carbocycles. The van der Waals surface area contributed by atoms with Crippen LogP contribution in [0.2, 0.25) is 0 Å². The summed E-state index contributed by atoms with van der Waals surface area (Å²) in [5, 5.41) is 0. The number of halogens is 2. The van der Waals surface area contributed by atoms with Crippen LogP contribution < -0.4 is 0 Å². The van der Waals surface area contributed by atoms with Gasteiger partial charge in [-0.2, -0.15) is 0 Å². The van der Waals surface area contributed by atoms with Gasteiger partial charge in [0.1, 0.15) is 0 Å². The van der Waals surface area contributed by atoms with Crippen LogP contribution in [0.15, 0.2) is 93.2 Å². The van der Waals surface area contributed by atoms with Gasteiger partial charge in [-0.25, -0.2) is 0 Å². The molecule has 4 aliphatic heterocycles. The van der Waals surface area contributed by atoms with Crippen molar-refractivity contribution in [1.29, 1.82) is 0 Å². The van der Waals surface area contributed by atoms with Gasteiger partial charge in [-0.1, -0.05) is 44.0 Å². The largest absolute Gasteiger partial charge is 0.385 e. The number of carbonyl (C=O) groups is 2. The summed E-state index contributed by atoms with van der Waals surface area (Å²) in [4.78, 5) is 33.1. The number of amides is 2. The van der Waals surface area contributed by atoms with Crippen molar-refractivity contribution in [3.05, 3.63) is 138 Å². The third-order valence-electron chi connectivity index (χ3n) is 13.3. The summed E-state index contributed by atoms with van der Waals surface area (Å²) < 4.78 is 24.9. The zero-order valence-corrected chi connectivity index (χ0v) is 36.0. The van der Waals surface area contributed by atoms with Crippen molar-refractivity contribution in [2.75, 3.05) is 54.9 Å². The average Bonchev–Trinajstić information content (AvgIpc) is 3.88. The Balaban J connectivity index is 1.18. The predicted octanol–water partition coefficient (Wildman–Crippen LogP) is 9.67. The van der Waals surface area contributed by atoms with Crippen LogP contribution in [-0.2, 0) is 39.4 Å². The molecule has 8 nitrogen and oxygen atoms in total. The first kappa shape index (κ1) is 37.8. The standard InChI is InChI=1S/C48H42Br2N2O6/c1-55-17-11-47(12-18-56-2)37-23-29(49)5-7-31(37)35-21-27-9-15-51-43(33(27)25-39(35)47)41-42(46(51)54)44-34-26-40-36(22-28(34)10-16-52(44)45(41)53)32-8-6-30(50)24-38(32)48(40,13-19-57-3)14-20-58-4/h5-10,15-16,21-26H,11-14,17-20H2,1-4H3. The van der Waals surface area contributed by atoms with Crippen molar-refractivity contribution in [1.82, 2.24) is 9.80 Å². The first-order valence-corrected chi connectivity index (χ1v) is 21.3. The molecule has 0 saturated carbocycles. The summed E-state index contributed by atoms with van der Waals surface area (Å²) in [5.41, 5.74) is 14.5. The predicted molar refractivity (Wildman–Crippen MR) is 232 cm³/mol. The van der Waals surface area contributed by atoms with E-state index in [2.05, 4.69) is 92.5 Å². The second-order valence-corrected chi connectivity index (χ2v) is 17.7. The number of rotatable bonds is 12. The van der Waals surface area contributed by atoms with Gasteiger partial charge in [0, 0.05) is 98.2 Å². The second kappa shape index (κ2) is 14.1. The maximum absolute atomic E-state index is 14.9. The van der Waals surface area contributed by atoms with Gasteiger partial charge in [0.05, 0.1) is 22.5 Å². The van der Waals surface area contributed by atoms with E-state index >= 15 is 0 Å². The quantitative estimate of drug-likeness (QED) is 0.141. The van der Waals surface area contributed by atoms with E-state index < -0.39 is 10.8 Å². The first-order valence-electron chi connectivity index (χ1n) is 19.7. The molecule has 0 unspecified atom stereocenters. The van der Waals surface area contributed by atoms with Crippen LogP contribution in [-0.4, -0.2) is 76.5 Å². The number of hydrogen-bond acceptors (Lipinski definition) is 6. The maximum atomic E-state index is 14.9. The maximum Gasteiger partial charge on any atom is 0.265 e. The van der Waals surface area contributed by atoms with Crippen molar-refractivity contribution in [3.8, 4) is 22.3 Å². The fourth-order valence-electron chi connectivity index (χ4n) is 10.6. The summed E-state index contributed by atoms with van der Waals surface area (Å²) in [6, 6.07) is 21.9. The smallest absolute Gasteiger partial charge is 0.265 e. The Morgan fingerprint density at radius 2 is 0.845 bits per heavy atom. The molecule has 0 fully saturated rings. The Bertz CT molecular complexity index is 2430. The van der Waals surface area contributed by atoms with Crippen LogP contribution in [0.3, 0.4) is 0 Å². The van der Waals surface area contributed by atoms with E-state index in [-0.39, 0.29) is 11.8 Å². The molecule has 10 rings (SSSR count). The molecule has 0 spiro atoms. The molecule has 4 heterocycles. The highest BCUT2D eigenvalue weighted by molar-refractivity contribution is 9.10. The van der Waals surface area contributed by atoms with Crippen LogP contribution in [0.1, 0.15) is 70.2 Å². The van der Waals surface area contributed by atoms with Crippen molar-refractivity contribution >= 4 is 67.2 Å². The van der Waals surface area contributed by atoms with Gasteiger partial charge < -0.3 is 18.9 Å². The minimum atomic E-state index is -0.402. The van der Waals surface area contributed by atoms with E-state index in [1.54, 1.807) is 38.2 Å². The number of benzene rings is 4. The molecule has 0 aromatic heterocycles. The van der Waals surface area contributed by atoms with Gasteiger partial charge in [0.15, 0.2) is 0 Å². The number of fused-ring (bicyclic) bond motifs is 13. The van der Waals surface area contributed by atoms with Gasteiger partial charge in [-0.3, -0.25) is 19.4 Å². The van der Waals surface area contributed by atoms with E-state index in [0.29, 0.717) is 49.0 Å². The van der Waals surface area contributed by atoms with Crippen molar-refractivity contribution < 1.29 is 28.5 Å². The molecule has 58 heavy (non-hydrogen) atoms. The number of nitrogens with zero attached hydrogens (tertiary/aromatic N) is 2. The molecule has 0 atom stereocenters.